The average molecular weight is 1440 g/mol. The van der Waals surface area contributed by atoms with Gasteiger partial charge in [0.15, 0.2) is 0 Å². The van der Waals surface area contributed by atoms with E-state index in [2.05, 4.69) is 259 Å². The highest BCUT2D eigenvalue weighted by molar-refractivity contribution is 9.10. The second kappa shape index (κ2) is 29.7. The summed E-state index contributed by atoms with van der Waals surface area (Å²) < 4.78 is 18.1. The van der Waals surface area contributed by atoms with Crippen molar-refractivity contribution in [3.8, 4) is 34.2 Å². The minimum Gasteiger partial charge on any atom is -0.494 e. The maximum absolute atomic E-state index is 6.14. The summed E-state index contributed by atoms with van der Waals surface area (Å²) in [5, 5.41) is 54.8. The maximum atomic E-state index is 6.14. The van der Waals surface area contributed by atoms with Gasteiger partial charge in [-0.15, -0.1) is 0 Å². The van der Waals surface area contributed by atoms with Gasteiger partial charge in [-0.3, -0.25) is 0 Å². The lowest BCUT2D eigenvalue weighted by molar-refractivity contribution is 0.340. The number of benzene rings is 5. The molecule has 5 aromatic carbocycles. The number of rotatable bonds is 7. The minimum atomic E-state index is 0.668. The van der Waals surface area contributed by atoms with E-state index in [0.29, 0.717) is 6.61 Å². The number of hydrogen-bond donors (Lipinski definition) is 1. The maximum Gasteiger partial charge on any atom is 0.121 e. The van der Waals surface area contributed by atoms with Crippen LogP contribution in [0.15, 0.2) is 120 Å². The number of aryl methyl sites for hydroxylation is 23. The summed E-state index contributed by atoms with van der Waals surface area (Å²) in [6, 6.07) is 39.7. The van der Waals surface area contributed by atoms with E-state index in [1.165, 1.54) is 133 Å². The lowest BCUT2D eigenvalue weighted by Gasteiger charge is -2.11. The van der Waals surface area contributed by atoms with Crippen LogP contribution in [0.25, 0.3) is 82.3 Å². The van der Waals surface area contributed by atoms with Crippen molar-refractivity contribution < 1.29 is 4.74 Å². The molecule has 0 bridgehead atoms. The molecule has 15 rings (SSSR count). The van der Waals surface area contributed by atoms with E-state index in [0.717, 1.165) is 95.6 Å². The number of halogens is 1. The van der Waals surface area contributed by atoms with E-state index in [1.807, 2.05) is 113 Å². The summed E-state index contributed by atoms with van der Waals surface area (Å²) in [5.74, 6) is 0.890. The van der Waals surface area contributed by atoms with Crippen molar-refractivity contribution in [1.82, 2.24) is 73.8 Å². The first-order chi connectivity index (χ1) is 49.0. The van der Waals surface area contributed by atoms with Gasteiger partial charge in [0.05, 0.1) is 74.9 Å². The average Bonchev–Trinajstić information content (AvgIpc) is 1.64. The Balaban J connectivity index is 0.000000129. The molecule has 0 fully saturated rings. The van der Waals surface area contributed by atoms with E-state index in [9.17, 15) is 0 Å². The molecule has 0 aliphatic heterocycles. The third-order valence-corrected chi connectivity index (χ3v) is 20.8. The smallest absolute Gasteiger partial charge is 0.121 e. The monoisotopic (exact) mass is 1430 g/mol. The van der Waals surface area contributed by atoms with Crippen LogP contribution in [0.5, 0.6) is 5.75 Å². The van der Waals surface area contributed by atoms with E-state index < -0.39 is 0 Å². The van der Waals surface area contributed by atoms with Gasteiger partial charge in [-0.05, 0) is 250 Å². The molecule has 0 atom stereocenters. The predicted octanol–water partition coefficient (Wildman–Crippen LogP) is 19.9. The molecule has 0 amide bonds. The number of ether oxygens (including phenoxy) is 1. The number of hydrogen-bond acceptors (Lipinski definition) is 12. The molecule has 0 unspecified atom stereocenters. The zero-order valence-corrected chi connectivity index (χ0v) is 65.8. The summed E-state index contributed by atoms with van der Waals surface area (Å²) >= 11 is 3.48. The van der Waals surface area contributed by atoms with Gasteiger partial charge in [-0.2, -0.15) is 51.0 Å². The minimum absolute atomic E-state index is 0.668. The fraction of sp³-hybridized carbons (Fsp3) is 0.294. The third-order valence-electron chi connectivity index (χ3n) is 20.3. The highest BCUT2D eigenvalue weighted by Crippen LogP contribution is 2.38. The molecule has 2 N–H and O–H groups in total. The van der Waals surface area contributed by atoms with E-state index in [-0.39, 0.29) is 0 Å². The molecule has 15 aromatic rings. The van der Waals surface area contributed by atoms with Crippen molar-refractivity contribution >= 4 is 75.5 Å². The summed E-state index contributed by atoms with van der Waals surface area (Å²) in [6.07, 6.45) is 0. The second-order valence-corrected chi connectivity index (χ2v) is 28.1. The molecule has 10 heterocycles. The summed E-state index contributed by atoms with van der Waals surface area (Å²) in [4.78, 5) is 0. The van der Waals surface area contributed by atoms with E-state index in [1.54, 1.807) is 0 Å². The first-order valence-corrected chi connectivity index (χ1v) is 35.8. The van der Waals surface area contributed by atoms with Gasteiger partial charge < -0.3 is 33.3 Å². The Kier molecular flexibility index (Phi) is 21.2. The van der Waals surface area contributed by atoms with Crippen LogP contribution in [0.4, 0.5) is 5.69 Å². The fourth-order valence-corrected chi connectivity index (χ4v) is 15.8. The molecular weight excluding hydrogens is 1340 g/mol. The quantitative estimate of drug-likeness (QED) is 0.149. The van der Waals surface area contributed by atoms with Crippen LogP contribution in [-0.4, -0.2) is 80.4 Å². The van der Waals surface area contributed by atoms with Gasteiger partial charge >= 0.3 is 0 Å². The first-order valence-electron chi connectivity index (χ1n) is 35.0. The van der Waals surface area contributed by atoms with Gasteiger partial charge in [0.25, 0.3) is 0 Å². The summed E-state index contributed by atoms with van der Waals surface area (Å²) in [6.45, 7) is 50.7. The van der Waals surface area contributed by atoms with Crippen molar-refractivity contribution in [2.75, 3.05) is 12.3 Å². The van der Waals surface area contributed by atoms with Gasteiger partial charge in [-0.1, -0.05) is 57.9 Å². The number of nitrogen functional groups attached to an aromatic ring is 1. The van der Waals surface area contributed by atoms with Gasteiger partial charge in [0, 0.05) is 144 Å². The predicted molar refractivity (Wildman–Crippen MR) is 427 cm³/mol. The third kappa shape index (κ3) is 13.6. The van der Waals surface area contributed by atoms with Crippen LogP contribution in [0.3, 0.4) is 0 Å². The van der Waals surface area contributed by atoms with Crippen LogP contribution in [0.1, 0.15) is 137 Å². The van der Waals surface area contributed by atoms with E-state index in [4.69, 9.17) is 10.5 Å². The van der Waals surface area contributed by atoms with Crippen molar-refractivity contribution in [2.45, 2.75) is 166 Å². The number of fused-ring (bicyclic) bond motifs is 5. The van der Waals surface area contributed by atoms with Gasteiger partial charge in [0.1, 0.15) is 5.75 Å². The van der Waals surface area contributed by atoms with Crippen LogP contribution in [0.2, 0.25) is 0 Å². The molecule has 0 spiro atoms. The fourth-order valence-electron chi connectivity index (χ4n) is 15.5. The molecule has 103 heavy (non-hydrogen) atoms. The van der Waals surface area contributed by atoms with Crippen LogP contribution < -0.4 is 10.5 Å². The molecule has 528 valence electrons. The van der Waals surface area contributed by atoms with Crippen molar-refractivity contribution in [2.24, 2.45) is 0 Å². The second-order valence-electron chi connectivity index (χ2n) is 27.2. The lowest BCUT2D eigenvalue weighted by atomic mass is 10.1. The zero-order chi connectivity index (χ0) is 74.5. The van der Waals surface area contributed by atoms with Gasteiger partial charge in [-0.25, -0.2) is 0 Å². The Morgan fingerprint density at radius 2 is 0.573 bits per heavy atom. The Labute approximate surface area is 613 Å². The highest BCUT2D eigenvalue weighted by Gasteiger charge is 2.24. The summed E-state index contributed by atoms with van der Waals surface area (Å²) in [5.41, 5.74) is 38.4. The first kappa shape index (κ1) is 73.5. The highest BCUT2D eigenvalue weighted by atomic mass is 79.9. The van der Waals surface area contributed by atoms with Crippen LogP contribution in [0, 0.1) is 159 Å². The molecule has 0 saturated carbocycles. The van der Waals surface area contributed by atoms with Crippen LogP contribution in [-0.2, 0) is 0 Å². The molecule has 17 nitrogen and oxygen atoms in total. The number of nitrogens with two attached hydrogens (primary N) is 1. The Morgan fingerprint density at radius 3 is 0.883 bits per heavy atom. The number of nitrogens with zero attached hydrogens (tertiary/aromatic N) is 15. The molecule has 10 aromatic heterocycles. The molecule has 0 radical (unpaired) electrons. The Hall–Kier alpha value is -10.7. The van der Waals surface area contributed by atoms with E-state index >= 15 is 0 Å². The van der Waals surface area contributed by atoms with Crippen molar-refractivity contribution in [1.29, 1.82) is 0 Å². The topological polar surface area (TPSA) is 189 Å². The normalized spacial score (nSPS) is 11.2. The van der Waals surface area contributed by atoms with Crippen LogP contribution >= 0.6 is 15.9 Å². The SMILES string of the molecule is CCOc1cccc(-n2c(C)c3c(C)nnc(C)c3c2C)c1.Cc1ccc(-n2c(C)c3c(C)nnc(C)c3c2C)cc1.Cc1ccc(-n2c(C)c3c(C)nnc(C)c3c2C)cc1C.Cc1nnc(C)c2c(C)n(-c3ccc(Br)cc3)c(C)c12.Cc1nnc(C)c2c(C)n(-c3ccccc3N)c(C)c12. The number of para-hydroxylation sites is 2. The summed E-state index contributed by atoms with van der Waals surface area (Å²) in [7, 11) is 0. The number of aromatic nitrogens is 15. The lowest BCUT2D eigenvalue weighted by Crippen LogP contribution is -2.02. The largest absolute Gasteiger partial charge is 0.494 e. The van der Waals surface area contributed by atoms with Crippen molar-refractivity contribution in [3.63, 3.8) is 0 Å². The molecule has 0 aliphatic carbocycles. The molecule has 0 saturated heterocycles. The number of anilines is 1. The zero-order valence-electron chi connectivity index (χ0n) is 64.2. The molecule has 18 heteroatoms. The Bertz CT molecular complexity index is 5400. The van der Waals surface area contributed by atoms with Gasteiger partial charge in [0.2, 0.25) is 0 Å². The molecule has 0 aliphatic rings. The standard InChI is InChI=1S/C18H21N3O.C18H21N3.C17H19N3.C16H16BrN3.C16H18N4/c1-6-22-16-9-7-8-15(10-16)21-13(4)17-11(2)19-20-12(3)18(17)14(21)5;1-10-7-8-16(9-11(10)2)21-14(5)17-12(3)19-20-13(4)18(17)15(21)6;1-10-6-8-15(9-7-10)20-13(4)16-11(2)18-19-12(3)17(16)14(20)5;1-9-15-11(3)20(14-7-5-13(17)6-8-14)12(4)16(15)10(2)19-18-9;1-9-15-11(3)20(14-8-6-5-7-13(14)17)12(4)16(15)10(2)19-18-9/h7-10H,6H2,1-5H3;7-9H,1-6H3;6-9H,1-5H3;5-8H,1-4H3;5-8H,17H2,1-4H3. The Morgan fingerprint density at radius 1 is 0.291 bits per heavy atom. The van der Waals surface area contributed by atoms with Crippen molar-refractivity contribution in [3.05, 3.63) is 250 Å². The molecular formula is C85H95BrN16O.